The van der Waals surface area contributed by atoms with E-state index in [2.05, 4.69) is 43.5 Å². The lowest BCUT2D eigenvalue weighted by atomic mass is 10.0. The summed E-state index contributed by atoms with van der Waals surface area (Å²) in [6.07, 6.45) is 71.8. The zero-order chi connectivity index (χ0) is 50.0. The minimum absolute atomic E-state index is 0.00227. The monoisotopic (exact) mass is 972 g/mol. The Labute approximate surface area is 431 Å². The van der Waals surface area contributed by atoms with Gasteiger partial charge in [-0.2, -0.15) is 0 Å². The summed E-state index contributed by atoms with van der Waals surface area (Å²) in [5, 5.41) is 23.3. The van der Waals surface area contributed by atoms with Crippen LogP contribution in [0.3, 0.4) is 0 Å². The van der Waals surface area contributed by atoms with Crippen molar-refractivity contribution in [3.05, 3.63) is 24.3 Å². The average Bonchev–Trinajstić information content (AvgIpc) is 3.35. The molecule has 0 fully saturated rings. The molecular weight excluding hydrogens is 851 g/mol. The van der Waals surface area contributed by atoms with Crippen LogP contribution in [0, 0.1) is 0 Å². The van der Waals surface area contributed by atoms with Gasteiger partial charge in [0.15, 0.2) is 0 Å². The summed E-state index contributed by atoms with van der Waals surface area (Å²) in [5.41, 5.74) is 0. The smallest absolute Gasteiger partial charge is 0.305 e. The quantitative estimate of drug-likeness (QED) is 0.0321. The summed E-state index contributed by atoms with van der Waals surface area (Å²) in [6, 6.07) is -0.543. The zero-order valence-electron chi connectivity index (χ0n) is 46.6. The Morgan fingerprint density at radius 1 is 0.406 bits per heavy atom. The lowest BCUT2D eigenvalue weighted by Crippen LogP contribution is -2.45. The number of rotatable bonds is 58. The van der Waals surface area contributed by atoms with Crippen LogP contribution in [0.25, 0.3) is 0 Å². The standard InChI is InChI=1S/C63H121NO5/c1-3-5-7-9-11-13-15-17-19-20-25-29-33-37-41-45-49-53-57-63(68)69-58-54-50-46-42-38-34-30-26-23-21-22-24-28-32-36-40-44-48-52-56-62(67)64-60(59-65)61(66)55-51-47-43-39-35-31-27-18-16-14-12-10-8-6-4-2/h13,15,19-20,60-61,65-66H,3-12,14,16-18,21-59H2,1-2H3,(H,64,67)/b15-13-,20-19-. The first-order valence-corrected chi connectivity index (χ1v) is 31.1. The van der Waals surface area contributed by atoms with E-state index in [9.17, 15) is 19.8 Å². The van der Waals surface area contributed by atoms with Crippen molar-refractivity contribution < 1.29 is 24.5 Å². The fourth-order valence-corrected chi connectivity index (χ4v) is 9.73. The van der Waals surface area contributed by atoms with Crippen molar-refractivity contribution in [3.63, 3.8) is 0 Å². The van der Waals surface area contributed by atoms with Gasteiger partial charge in [0.1, 0.15) is 0 Å². The third-order valence-corrected chi connectivity index (χ3v) is 14.5. The Morgan fingerprint density at radius 3 is 1.12 bits per heavy atom. The Hall–Kier alpha value is -1.66. The van der Waals surface area contributed by atoms with Crippen molar-refractivity contribution in [2.75, 3.05) is 13.2 Å². The van der Waals surface area contributed by atoms with Crippen molar-refractivity contribution in [3.8, 4) is 0 Å². The number of esters is 1. The van der Waals surface area contributed by atoms with Crippen LogP contribution in [0.4, 0.5) is 0 Å². The van der Waals surface area contributed by atoms with E-state index in [0.29, 0.717) is 25.9 Å². The maximum absolute atomic E-state index is 12.5. The molecule has 0 saturated carbocycles. The van der Waals surface area contributed by atoms with Gasteiger partial charge in [-0.25, -0.2) is 0 Å². The lowest BCUT2D eigenvalue weighted by Gasteiger charge is -2.22. The summed E-state index contributed by atoms with van der Waals surface area (Å²) in [4.78, 5) is 24.6. The minimum Gasteiger partial charge on any atom is -0.466 e. The fraction of sp³-hybridized carbons (Fsp3) is 0.905. The molecule has 0 rings (SSSR count). The van der Waals surface area contributed by atoms with Gasteiger partial charge in [0.25, 0.3) is 0 Å². The number of ether oxygens (including phenoxy) is 1. The second-order valence-electron chi connectivity index (χ2n) is 21.4. The summed E-state index contributed by atoms with van der Waals surface area (Å²) >= 11 is 0. The molecule has 0 aliphatic heterocycles. The van der Waals surface area contributed by atoms with Gasteiger partial charge in [-0.15, -0.1) is 0 Å². The first-order valence-electron chi connectivity index (χ1n) is 31.1. The molecule has 3 N–H and O–H groups in total. The highest BCUT2D eigenvalue weighted by Crippen LogP contribution is 2.18. The van der Waals surface area contributed by atoms with Crippen LogP contribution in [0.5, 0.6) is 0 Å². The molecule has 0 bridgehead atoms. The molecule has 69 heavy (non-hydrogen) atoms. The third-order valence-electron chi connectivity index (χ3n) is 14.5. The van der Waals surface area contributed by atoms with Crippen molar-refractivity contribution in [2.45, 2.75) is 353 Å². The van der Waals surface area contributed by atoms with Gasteiger partial charge in [-0.1, -0.05) is 295 Å². The van der Waals surface area contributed by atoms with Gasteiger partial charge < -0.3 is 20.3 Å². The molecule has 408 valence electrons. The van der Waals surface area contributed by atoms with Crippen LogP contribution >= 0.6 is 0 Å². The summed E-state index contributed by atoms with van der Waals surface area (Å²) < 4.78 is 5.49. The average molecular weight is 973 g/mol. The molecule has 0 heterocycles. The number of allylic oxidation sites excluding steroid dienone is 4. The van der Waals surface area contributed by atoms with E-state index in [1.807, 2.05) is 0 Å². The lowest BCUT2D eigenvalue weighted by molar-refractivity contribution is -0.143. The van der Waals surface area contributed by atoms with Gasteiger partial charge >= 0.3 is 5.97 Å². The van der Waals surface area contributed by atoms with Gasteiger partial charge in [0.2, 0.25) is 5.91 Å². The largest absolute Gasteiger partial charge is 0.466 e. The first-order chi connectivity index (χ1) is 34.0. The molecule has 1 amide bonds. The number of amides is 1. The normalized spacial score (nSPS) is 12.7. The Morgan fingerprint density at radius 2 is 0.725 bits per heavy atom. The highest BCUT2D eigenvalue weighted by Gasteiger charge is 2.20. The van der Waals surface area contributed by atoms with Crippen LogP contribution in [0.2, 0.25) is 0 Å². The highest BCUT2D eigenvalue weighted by atomic mass is 16.5. The number of hydrogen-bond acceptors (Lipinski definition) is 5. The third kappa shape index (κ3) is 55.5. The molecular formula is C63H121NO5. The van der Waals surface area contributed by atoms with Gasteiger partial charge in [-0.05, 0) is 57.8 Å². The summed E-state index contributed by atoms with van der Waals surface area (Å²) in [5.74, 6) is -0.0338. The van der Waals surface area contributed by atoms with Crippen LogP contribution in [0.1, 0.15) is 341 Å². The van der Waals surface area contributed by atoms with E-state index in [0.717, 1.165) is 51.4 Å². The summed E-state index contributed by atoms with van der Waals surface area (Å²) in [7, 11) is 0. The number of aliphatic hydroxyl groups is 2. The predicted octanol–water partition coefficient (Wildman–Crippen LogP) is 19.4. The topological polar surface area (TPSA) is 95.9 Å². The Balaban J connectivity index is 3.39. The van der Waals surface area contributed by atoms with Crippen molar-refractivity contribution in [2.24, 2.45) is 0 Å². The first kappa shape index (κ1) is 67.3. The molecule has 6 heteroatoms. The number of hydrogen-bond donors (Lipinski definition) is 3. The van der Waals surface area contributed by atoms with Gasteiger partial charge in [-0.3, -0.25) is 9.59 Å². The van der Waals surface area contributed by atoms with Crippen LogP contribution in [-0.4, -0.2) is 47.4 Å². The van der Waals surface area contributed by atoms with E-state index in [1.54, 1.807) is 0 Å². The second-order valence-corrected chi connectivity index (χ2v) is 21.4. The molecule has 0 aromatic rings. The van der Waals surface area contributed by atoms with Crippen LogP contribution in [0.15, 0.2) is 24.3 Å². The molecule has 0 spiro atoms. The van der Waals surface area contributed by atoms with E-state index in [-0.39, 0.29) is 18.5 Å². The molecule has 2 atom stereocenters. The molecule has 2 unspecified atom stereocenters. The van der Waals surface area contributed by atoms with Crippen molar-refractivity contribution >= 4 is 11.9 Å². The molecule has 0 radical (unpaired) electrons. The summed E-state index contributed by atoms with van der Waals surface area (Å²) in [6.45, 7) is 4.95. The second kappa shape index (κ2) is 58.9. The van der Waals surface area contributed by atoms with E-state index < -0.39 is 12.1 Å². The number of carbonyl (C=O) groups excluding carboxylic acids is 2. The molecule has 0 saturated heterocycles. The van der Waals surface area contributed by atoms with Crippen molar-refractivity contribution in [1.82, 2.24) is 5.32 Å². The van der Waals surface area contributed by atoms with Gasteiger partial charge in [0, 0.05) is 12.8 Å². The predicted molar refractivity (Wildman–Crippen MR) is 301 cm³/mol. The van der Waals surface area contributed by atoms with Gasteiger partial charge in [0.05, 0.1) is 25.4 Å². The molecule has 0 aliphatic rings. The Kier molecular flexibility index (Phi) is 57.5. The maximum Gasteiger partial charge on any atom is 0.305 e. The van der Waals surface area contributed by atoms with Crippen molar-refractivity contribution in [1.29, 1.82) is 0 Å². The van der Waals surface area contributed by atoms with Crippen LogP contribution in [-0.2, 0) is 14.3 Å². The maximum atomic E-state index is 12.5. The number of carbonyl (C=O) groups is 2. The Bertz CT molecular complexity index is 1080. The molecule has 0 aromatic heterocycles. The number of aliphatic hydroxyl groups excluding tert-OH is 2. The molecule has 0 aliphatic carbocycles. The van der Waals surface area contributed by atoms with E-state index in [4.69, 9.17) is 4.74 Å². The highest BCUT2D eigenvalue weighted by molar-refractivity contribution is 5.76. The molecule has 6 nitrogen and oxygen atoms in total. The SMILES string of the molecule is CCCCCC/C=C\C/C=C\CCCCCCCCCC(=O)OCCCCCCCCCCCCCCCCCCCCCC(=O)NC(CO)C(O)CCCCCCCCCCCCCCCCC. The number of unbranched alkanes of at least 4 members (excludes halogenated alkanes) is 43. The van der Waals surface area contributed by atoms with Crippen LogP contribution < -0.4 is 5.32 Å². The number of nitrogens with one attached hydrogen (secondary N) is 1. The van der Waals surface area contributed by atoms with E-state index >= 15 is 0 Å². The zero-order valence-corrected chi connectivity index (χ0v) is 46.6. The fourth-order valence-electron chi connectivity index (χ4n) is 9.73. The van der Waals surface area contributed by atoms with E-state index in [1.165, 1.54) is 257 Å². The minimum atomic E-state index is -0.666. The molecule has 0 aromatic carbocycles.